The largest absolute Gasteiger partial charge is 0.497 e. The number of nitrogen functional groups attached to an aromatic ring is 1. The molecule has 1 amide bonds. The van der Waals surface area contributed by atoms with E-state index < -0.39 is 16.1 Å². The number of benzene rings is 2. The van der Waals surface area contributed by atoms with Crippen molar-refractivity contribution in [2.45, 2.75) is 36.3 Å². The van der Waals surface area contributed by atoms with Crippen LogP contribution < -0.4 is 15.2 Å². The number of carbonyl (C=O) groups excluding carboxylic acids is 1. The number of rotatable bonds is 8. The lowest BCUT2D eigenvalue weighted by Crippen LogP contribution is -2.52. The van der Waals surface area contributed by atoms with E-state index in [1.54, 1.807) is 49.6 Å². The Hall–Kier alpha value is -2.96. The van der Waals surface area contributed by atoms with Crippen LogP contribution in [0, 0.1) is 0 Å². The number of likely N-dealkylation sites (tertiary alicyclic amines) is 1. The number of nitrogens with two attached hydrogens (primary N) is 1. The fourth-order valence-electron chi connectivity index (χ4n) is 4.80. The van der Waals surface area contributed by atoms with Gasteiger partial charge in [0, 0.05) is 47.8 Å². The number of hydrogen-bond acceptors (Lipinski definition) is 8. The average molecular weight is 591 g/mol. The van der Waals surface area contributed by atoms with Crippen LogP contribution >= 0.6 is 23.7 Å². The van der Waals surface area contributed by atoms with Gasteiger partial charge in [-0.1, -0.05) is 12.1 Å². The molecule has 0 radical (unpaired) electrons. The molecule has 0 bridgehead atoms. The molecule has 3 N–H and O–H groups in total. The summed E-state index contributed by atoms with van der Waals surface area (Å²) in [7, 11) is -0.794. The zero-order chi connectivity index (χ0) is 26.9. The molecule has 12 heteroatoms. The maximum Gasteiger partial charge on any atom is 0.241 e. The predicted octanol–water partition coefficient (Wildman–Crippen LogP) is 3.99. The number of thiophene rings is 1. The van der Waals surface area contributed by atoms with Crippen LogP contribution in [0.2, 0.25) is 0 Å². The second-order valence-corrected chi connectivity index (χ2v) is 12.2. The lowest BCUT2D eigenvalue weighted by molar-refractivity contribution is -0.135. The summed E-state index contributed by atoms with van der Waals surface area (Å²) in [6.45, 7) is 1.02. The van der Waals surface area contributed by atoms with Crippen LogP contribution in [0.25, 0.3) is 20.9 Å². The highest BCUT2D eigenvalue weighted by Gasteiger charge is 2.32. The highest BCUT2D eigenvalue weighted by molar-refractivity contribution is 7.89. The number of hydrogen-bond donors (Lipinski definition) is 2. The van der Waals surface area contributed by atoms with Crippen LogP contribution in [-0.2, 0) is 26.0 Å². The van der Waals surface area contributed by atoms with E-state index in [0.29, 0.717) is 37.5 Å². The smallest absolute Gasteiger partial charge is 0.241 e. The minimum atomic E-state index is -4.02. The SMILES string of the molecule is COc1ccc2ccc(S(=O)(=O)NC(Cc3cc4c(N)nccc4s3)C(=O)N3CCC(OC)CC3)cc2c1.Cl. The number of fused-ring (bicyclic) bond motifs is 2. The number of aromatic nitrogens is 1. The van der Waals surface area contributed by atoms with Gasteiger partial charge in [-0.3, -0.25) is 4.79 Å². The molecule has 1 aliphatic rings. The van der Waals surface area contributed by atoms with Gasteiger partial charge in [0.15, 0.2) is 0 Å². The summed E-state index contributed by atoms with van der Waals surface area (Å²) in [5.74, 6) is 0.780. The van der Waals surface area contributed by atoms with E-state index in [1.165, 1.54) is 11.3 Å². The van der Waals surface area contributed by atoms with Gasteiger partial charge in [-0.25, -0.2) is 13.4 Å². The Morgan fingerprint density at radius 2 is 1.87 bits per heavy atom. The molecule has 4 aromatic rings. The van der Waals surface area contributed by atoms with Crippen molar-refractivity contribution < 1.29 is 22.7 Å². The van der Waals surface area contributed by atoms with Crippen molar-refractivity contribution in [2.75, 3.05) is 33.0 Å². The average Bonchev–Trinajstić information content (AvgIpc) is 3.35. The second-order valence-electron chi connectivity index (χ2n) is 9.33. The molecule has 0 spiro atoms. The molecule has 0 saturated carbocycles. The fourth-order valence-corrected chi connectivity index (χ4v) is 7.14. The Labute approximate surface area is 237 Å². The van der Waals surface area contributed by atoms with Crippen LogP contribution in [0.1, 0.15) is 17.7 Å². The van der Waals surface area contributed by atoms with E-state index in [-0.39, 0.29) is 35.7 Å². The number of sulfonamides is 1. The van der Waals surface area contributed by atoms with Crippen LogP contribution in [0.3, 0.4) is 0 Å². The molecule has 3 heterocycles. The molecular weight excluding hydrogens is 560 g/mol. The molecule has 1 fully saturated rings. The molecular formula is C27H31ClN4O5S2. The number of ether oxygens (including phenoxy) is 2. The molecule has 1 unspecified atom stereocenters. The number of pyridine rings is 1. The molecule has 0 aliphatic carbocycles. The first kappa shape index (κ1) is 29.0. The zero-order valence-corrected chi connectivity index (χ0v) is 24.1. The summed E-state index contributed by atoms with van der Waals surface area (Å²) >= 11 is 1.48. The lowest BCUT2D eigenvalue weighted by Gasteiger charge is -2.33. The van der Waals surface area contributed by atoms with Crippen molar-refractivity contribution >= 4 is 66.4 Å². The third-order valence-corrected chi connectivity index (χ3v) is 9.54. The van der Waals surface area contributed by atoms with Gasteiger partial charge in [0.05, 0.1) is 18.1 Å². The Balaban J connectivity index is 0.00000353. The van der Waals surface area contributed by atoms with Gasteiger partial charge < -0.3 is 20.1 Å². The summed E-state index contributed by atoms with van der Waals surface area (Å²) in [5, 5.41) is 2.41. The summed E-state index contributed by atoms with van der Waals surface area (Å²) in [4.78, 5) is 20.5. The predicted molar refractivity (Wildman–Crippen MR) is 156 cm³/mol. The molecule has 1 atom stereocenters. The first-order valence-corrected chi connectivity index (χ1v) is 14.6. The molecule has 2 aromatic carbocycles. The quantitative estimate of drug-likeness (QED) is 0.318. The number of nitrogens with one attached hydrogen (secondary N) is 1. The summed E-state index contributed by atoms with van der Waals surface area (Å²) in [6.07, 6.45) is 3.35. The Morgan fingerprint density at radius 3 is 2.56 bits per heavy atom. The van der Waals surface area contributed by atoms with Crippen molar-refractivity contribution in [2.24, 2.45) is 0 Å². The third-order valence-electron chi connectivity index (χ3n) is 6.94. The number of piperidine rings is 1. The minimum absolute atomic E-state index is 0. The van der Waals surface area contributed by atoms with Crippen LogP contribution in [-0.4, -0.2) is 63.7 Å². The van der Waals surface area contributed by atoms with Crippen molar-refractivity contribution in [3.05, 3.63) is 59.6 Å². The molecule has 9 nitrogen and oxygen atoms in total. The molecule has 5 rings (SSSR count). The topological polar surface area (TPSA) is 124 Å². The van der Waals surface area contributed by atoms with E-state index in [1.807, 2.05) is 24.3 Å². The van der Waals surface area contributed by atoms with Crippen molar-refractivity contribution in [3.63, 3.8) is 0 Å². The van der Waals surface area contributed by atoms with E-state index in [9.17, 15) is 13.2 Å². The van der Waals surface area contributed by atoms with E-state index >= 15 is 0 Å². The third kappa shape index (κ3) is 6.28. The van der Waals surface area contributed by atoms with Crippen molar-refractivity contribution in [1.82, 2.24) is 14.6 Å². The second kappa shape index (κ2) is 12.1. The molecule has 39 heavy (non-hydrogen) atoms. The van der Waals surface area contributed by atoms with Gasteiger partial charge in [0.1, 0.15) is 17.6 Å². The van der Waals surface area contributed by atoms with Gasteiger partial charge in [0.2, 0.25) is 15.9 Å². The first-order valence-electron chi connectivity index (χ1n) is 12.3. The van der Waals surface area contributed by atoms with E-state index in [0.717, 1.165) is 25.7 Å². The van der Waals surface area contributed by atoms with E-state index in [2.05, 4.69) is 9.71 Å². The van der Waals surface area contributed by atoms with E-state index in [4.69, 9.17) is 15.2 Å². The Morgan fingerprint density at radius 1 is 1.13 bits per heavy atom. The fraction of sp³-hybridized carbons (Fsp3) is 0.333. The number of nitrogens with zero attached hydrogens (tertiary/aromatic N) is 2. The maximum absolute atomic E-state index is 13.7. The summed E-state index contributed by atoms with van der Waals surface area (Å²) in [5.41, 5.74) is 6.04. The minimum Gasteiger partial charge on any atom is -0.497 e. The van der Waals surface area contributed by atoms with Crippen molar-refractivity contribution in [1.29, 1.82) is 0 Å². The summed E-state index contributed by atoms with van der Waals surface area (Å²) in [6, 6.07) is 13.1. The lowest BCUT2D eigenvalue weighted by atomic mass is 10.1. The number of halogens is 1. The van der Waals surface area contributed by atoms with Crippen molar-refractivity contribution in [3.8, 4) is 5.75 Å². The zero-order valence-electron chi connectivity index (χ0n) is 21.6. The number of carbonyl (C=O) groups is 1. The maximum atomic E-state index is 13.7. The highest BCUT2D eigenvalue weighted by Crippen LogP contribution is 2.30. The van der Waals surface area contributed by atoms with Gasteiger partial charge in [-0.05, 0) is 60.0 Å². The standard InChI is InChI=1S/C27H30N4O5S2.ClH/c1-35-19-8-11-31(12-9-19)27(32)24(16-21-15-23-25(37-21)7-10-29-26(23)28)30-38(33,34)22-6-4-17-3-5-20(36-2)13-18(17)14-22;/h3-7,10,13-15,19,24,30H,8-9,11-12,16H2,1-2H3,(H2,28,29);1H. The molecule has 2 aromatic heterocycles. The Kier molecular flexibility index (Phi) is 8.97. The monoisotopic (exact) mass is 590 g/mol. The van der Waals surface area contributed by atoms with Crippen LogP contribution in [0.4, 0.5) is 5.82 Å². The molecule has 1 aliphatic heterocycles. The number of anilines is 1. The Bertz CT molecular complexity index is 1590. The van der Waals surface area contributed by atoms with Crippen LogP contribution in [0.15, 0.2) is 59.6 Å². The van der Waals surface area contributed by atoms with Gasteiger partial charge in [-0.15, -0.1) is 23.7 Å². The number of methoxy groups -OCH3 is 2. The highest BCUT2D eigenvalue weighted by atomic mass is 35.5. The first-order chi connectivity index (χ1) is 18.3. The normalized spacial score (nSPS) is 15.3. The number of amides is 1. The molecule has 1 saturated heterocycles. The van der Waals surface area contributed by atoms with Gasteiger partial charge in [0.25, 0.3) is 0 Å². The van der Waals surface area contributed by atoms with Gasteiger partial charge >= 0.3 is 0 Å². The van der Waals surface area contributed by atoms with Gasteiger partial charge in [-0.2, -0.15) is 4.72 Å². The summed E-state index contributed by atoms with van der Waals surface area (Å²) < 4.78 is 41.5. The molecule has 208 valence electrons. The van der Waals surface area contributed by atoms with Crippen LogP contribution in [0.5, 0.6) is 5.75 Å².